The lowest BCUT2D eigenvalue weighted by Crippen LogP contribution is -2.29. The van der Waals surface area contributed by atoms with Gasteiger partial charge in [-0.05, 0) is 41.7 Å². The summed E-state index contributed by atoms with van der Waals surface area (Å²) in [5.74, 6) is 0.620. The molecule has 128 valence electrons. The Balaban J connectivity index is 1.71. The van der Waals surface area contributed by atoms with Crippen LogP contribution in [0.25, 0.3) is 0 Å². The third-order valence-electron chi connectivity index (χ3n) is 5.33. The van der Waals surface area contributed by atoms with Crippen molar-refractivity contribution in [2.24, 2.45) is 5.92 Å². The second kappa shape index (κ2) is 5.92. The van der Waals surface area contributed by atoms with Gasteiger partial charge in [0.1, 0.15) is 0 Å². The first-order chi connectivity index (χ1) is 12.0. The van der Waals surface area contributed by atoms with E-state index >= 15 is 0 Å². The molecule has 4 rings (SSSR count). The lowest BCUT2D eigenvalue weighted by Gasteiger charge is -2.37. The predicted molar refractivity (Wildman–Crippen MR) is 100 cm³/mol. The molecule has 0 aromatic heterocycles. The first-order valence-electron chi connectivity index (χ1n) is 8.53. The normalized spacial score (nSPS) is 23.5. The molecule has 1 aliphatic carbocycles. The molecule has 2 aromatic carbocycles. The molecule has 25 heavy (non-hydrogen) atoms. The molecule has 0 fully saturated rings. The number of benzene rings is 2. The molecule has 3 unspecified atom stereocenters. The minimum atomic E-state index is -0.319. The lowest BCUT2D eigenvalue weighted by molar-refractivity contribution is -0.384. The highest BCUT2D eigenvalue weighted by atomic mass is 16.6. The van der Waals surface area contributed by atoms with Gasteiger partial charge >= 0.3 is 0 Å². The minimum Gasteiger partial charge on any atom is -0.378 e. The van der Waals surface area contributed by atoms with E-state index in [-0.39, 0.29) is 22.6 Å². The first-order valence-corrected chi connectivity index (χ1v) is 8.53. The van der Waals surface area contributed by atoms with Gasteiger partial charge in [-0.1, -0.05) is 24.3 Å². The third-order valence-corrected chi connectivity index (χ3v) is 5.33. The van der Waals surface area contributed by atoms with Crippen LogP contribution in [-0.4, -0.2) is 19.0 Å². The molecular formula is C20H21N3O2. The highest BCUT2D eigenvalue weighted by Gasteiger charge is 2.38. The fourth-order valence-corrected chi connectivity index (χ4v) is 4.01. The van der Waals surface area contributed by atoms with Gasteiger partial charge in [0.15, 0.2) is 0 Å². The van der Waals surface area contributed by atoms with Crippen molar-refractivity contribution < 1.29 is 4.92 Å². The number of nitrogens with zero attached hydrogens (tertiary/aromatic N) is 2. The van der Waals surface area contributed by atoms with Gasteiger partial charge < -0.3 is 10.2 Å². The second-order valence-electron chi connectivity index (χ2n) is 6.99. The zero-order valence-electron chi connectivity index (χ0n) is 14.3. The van der Waals surface area contributed by atoms with Gasteiger partial charge in [-0.25, -0.2) is 0 Å². The van der Waals surface area contributed by atoms with Gasteiger partial charge in [-0.2, -0.15) is 0 Å². The van der Waals surface area contributed by atoms with Gasteiger partial charge in [0.25, 0.3) is 5.69 Å². The molecular weight excluding hydrogens is 314 g/mol. The number of hydrogen-bond acceptors (Lipinski definition) is 4. The Morgan fingerprint density at radius 2 is 1.92 bits per heavy atom. The summed E-state index contributed by atoms with van der Waals surface area (Å²) in [6.07, 6.45) is 5.39. The van der Waals surface area contributed by atoms with Crippen molar-refractivity contribution in [1.82, 2.24) is 0 Å². The van der Waals surface area contributed by atoms with Gasteiger partial charge in [0.05, 0.1) is 11.0 Å². The Kier molecular flexibility index (Phi) is 3.71. The van der Waals surface area contributed by atoms with Gasteiger partial charge in [0.2, 0.25) is 0 Å². The van der Waals surface area contributed by atoms with Crippen LogP contribution >= 0.6 is 0 Å². The zero-order chi connectivity index (χ0) is 17.6. The second-order valence-corrected chi connectivity index (χ2v) is 6.99. The fourth-order valence-electron chi connectivity index (χ4n) is 4.01. The molecule has 5 nitrogen and oxygen atoms in total. The number of allylic oxidation sites excluding steroid dienone is 2. The van der Waals surface area contributed by atoms with Crippen LogP contribution < -0.4 is 10.2 Å². The molecule has 5 heteroatoms. The van der Waals surface area contributed by atoms with Crippen molar-refractivity contribution in [3.8, 4) is 0 Å². The van der Waals surface area contributed by atoms with E-state index in [0.717, 1.165) is 17.7 Å². The van der Waals surface area contributed by atoms with Crippen molar-refractivity contribution in [1.29, 1.82) is 0 Å². The Bertz CT molecular complexity index is 843. The van der Waals surface area contributed by atoms with E-state index in [4.69, 9.17) is 0 Å². The molecule has 1 aliphatic heterocycles. The van der Waals surface area contributed by atoms with Crippen LogP contribution in [-0.2, 0) is 0 Å². The standard InChI is InChI=1S/C20H21N3O2/c1-22(2)14-8-6-13(7-9-14)20-17-5-3-4-16(17)18-12-15(23(24)25)10-11-19(18)21-20/h3-4,6-12,16-17,20-21H,5H2,1-2H3. The molecule has 3 atom stereocenters. The third kappa shape index (κ3) is 2.65. The van der Waals surface area contributed by atoms with Crippen LogP contribution in [0.2, 0.25) is 0 Å². The topological polar surface area (TPSA) is 58.4 Å². The van der Waals surface area contributed by atoms with E-state index in [9.17, 15) is 10.1 Å². The van der Waals surface area contributed by atoms with E-state index in [1.807, 2.05) is 20.2 Å². The van der Waals surface area contributed by atoms with E-state index in [0.29, 0.717) is 5.92 Å². The summed E-state index contributed by atoms with van der Waals surface area (Å²) in [7, 11) is 4.07. The maximum Gasteiger partial charge on any atom is 0.269 e. The molecule has 2 aliphatic rings. The summed E-state index contributed by atoms with van der Waals surface area (Å²) < 4.78 is 0. The van der Waals surface area contributed by atoms with Crippen LogP contribution in [0.3, 0.4) is 0 Å². The van der Waals surface area contributed by atoms with Crippen LogP contribution in [0.4, 0.5) is 17.1 Å². The van der Waals surface area contributed by atoms with Crippen LogP contribution in [0, 0.1) is 16.0 Å². The number of anilines is 2. The van der Waals surface area contributed by atoms with Crippen LogP contribution in [0.1, 0.15) is 29.5 Å². The Hall–Kier alpha value is -2.82. The minimum absolute atomic E-state index is 0.161. The largest absolute Gasteiger partial charge is 0.378 e. The van der Waals surface area contributed by atoms with E-state index < -0.39 is 0 Å². The number of nitrogens with one attached hydrogen (secondary N) is 1. The number of fused-ring (bicyclic) bond motifs is 3. The van der Waals surface area contributed by atoms with E-state index in [1.54, 1.807) is 12.1 Å². The summed E-state index contributed by atoms with van der Waals surface area (Å²) in [4.78, 5) is 12.9. The summed E-state index contributed by atoms with van der Waals surface area (Å²) in [6.45, 7) is 0. The molecule has 0 amide bonds. The van der Waals surface area contributed by atoms with Gasteiger partial charge in [-0.3, -0.25) is 10.1 Å². The van der Waals surface area contributed by atoms with Crippen molar-refractivity contribution in [3.63, 3.8) is 0 Å². The van der Waals surface area contributed by atoms with E-state index in [2.05, 4.69) is 46.6 Å². The predicted octanol–water partition coefficient (Wildman–Crippen LogP) is 4.49. The van der Waals surface area contributed by atoms with E-state index in [1.165, 1.54) is 11.3 Å². The molecule has 0 saturated carbocycles. The monoisotopic (exact) mass is 335 g/mol. The maximum absolute atomic E-state index is 11.1. The van der Waals surface area contributed by atoms with Crippen LogP contribution in [0.15, 0.2) is 54.6 Å². The first kappa shape index (κ1) is 15.7. The Labute approximate surface area is 147 Å². The highest BCUT2D eigenvalue weighted by molar-refractivity contribution is 5.63. The average molecular weight is 335 g/mol. The summed E-state index contributed by atoms with van der Waals surface area (Å²) >= 11 is 0. The zero-order valence-corrected chi connectivity index (χ0v) is 14.3. The molecule has 0 spiro atoms. The number of rotatable bonds is 3. The average Bonchev–Trinajstić information content (AvgIpc) is 3.10. The highest BCUT2D eigenvalue weighted by Crippen LogP contribution is 2.50. The quantitative estimate of drug-likeness (QED) is 0.510. The number of hydrogen-bond donors (Lipinski definition) is 1. The Morgan fingerprint density at radius 1 is 1.16 bits per heavy atom. The molecule has 1 heterocycles. The SMILES string of the molecule is CN(C)c1ccc(C2Nc3ccc([N+](=O)[O-])cc3C3C=CCC32)cc1. The molecule has 0 radical (unpaired) electrons. The summed E-state index contributed by atoms with van der Waals surface area (Å²) in [5, 5.41) is 14.7. The van der Waals surface area contributed by atoms with Gasteiger partial charge in [0, 0.05) is 43.5 Å². The Morgan fingerprint density at radius 3 is 2.60 bits per heavy atom. The molecule has 2 aromatic rings. The molecule has 1 N–H and O–H groups in total. The molecule has 0 bridgehead atoms. The summed E-state index contributed by atoms with van der Waals surface area (Å²) in [6, 6.07) is 14.0. The van der Waals surface area contributed by atoms with Crippen molar-refractivity contribution >= 4 is 17.1 Å². The van der Waals surface area contributed by atoms with Crippen molar-refractivity contribution in [3.05, 3.63) is 75.9 Å². The fraction of sp³-hybridized carbons (Fsp3) is 0.300. The summed E-state index contributed by atoms with van der Waals surface area (Å²) in [5.41, 5.74) is 4.63. The number of nitro benzene ring substituents is 1. The smallest absolute Gasteiger partial charge is 0.269 e. The van der Waals surface area contributed by atoms with Gasteiger partial charge in [-0.15, -0.1) is 0 Å². The number of nitro groups is 1. The van der Waals surface area contributed by atoms with Crippen LogP contribution in [0.5, 0.6) is 0 Å². The number of non-ortho nitro benzene ring substituents is 1. The maximum atomic E-state index is 11.1. The van der Waals surface area contributed by atoms with Crippen molar-refractivity contribution in [2.45, 2.75) is 18.4 Å². The molecule has 0 saturated heterocycles. The lowest BCUT2D eigenvalue weighted by atomic mass is 9.77. The van der Waals surface area contributed by atoms with Crippen molar-refractivity contribution in [2.75, 3.05) is 24.3 Å².